The lowest BCUT2D eigenvalue weighted by atomic mass is 10.3. The van der Waals surface area contributed by atoms with Crippen molar-refractivity contribution in [2.45, 2.75) is 19.5 Å². The average Bonchev–Trinajstić information content (AvgIpc) is 2.33. The topological polar surface area (TPSA) is 45.2 Å². The lowest BCUT2D eigenvalue weighted by Crippen LogP contribution is -2.36. The van der Waals surface area contributed by atoms with Gasteiger partial charge in [-0.15, -0.1) is 0 Å². The van der Waals surface area contributed by atoms with Crippen LogP contribution in [0.15, 0.2) is 18.3 Å². The molecule has 4 nitrogen and oxygen atoms in total. The molecule has 7 heteroatoms. The van der Waals surface area contributed by atoms with E-state index in [1.165, 1.54) is 12.3 Å². The number of hydrogen-bond donors (Lipinski definition) is 1. The first kappa shape index (κ1) is 15.3. The average molecular weight is 275 g/mol. The number of carbonyl (C=O) groups is 1. The molecule has 0 saturated carbocycles. The van der Waals surface area contributed by atoms with Gasteiger partial charge in [0, 0.05) is 25.5 Å². The van der Waals surface area contributed by atoms with Gasteiger partial charge in [-0.05, 0) is 18.6 Å². The van der Waals surface area contributed by atoms with Crippen molar-refractivity contribution in [1.82, 2.24) is 9.88 Å². The van der Waals surface area contributed by atoms with Crippen LogP contribution < -0.4 is 5.32 Å². The van der Waals surface area contributed by atoms with Crippen molar-refractivity contribution in [2.24, 2.45) is 0 Å². The predicted octanol–water partition coefficient (Wildman–Crippen LogP) is 2.54. The largest absolute Gasteiger partial charge is 0.406 e. The lowest BCUT2D eigenvalue weighted by Gasteiger charge is -2.18. The van der Waals surface area contributed by atoms with Gasteiger partial charge < -0.3 is 10.2 Å². The van der Waals surface area contributed by atoms with Crippen LogP contribution in [0, 0.1) is 0 Å². The maximum absolute atomic E-state index is 12.2. The Bertz CT molecular complexity index is 434. The number of pyridine rings is 1. The second kappa shape index (κ2) is 6.40. The number of rotatable bonds is 5. The molecular weight excluding hydrogens is 259 g/mol. The summed E-state index contributed by atoms with van der Waals surface area (Å²) >= 11 is 0. The number of nitrogens with zero attached hydrogens (tertiary/aromatic N) is 2. The molecule has 0 fully saturated rings. The van der Waals surface area contributed by atoms with Crippen LogP contribution in [0.25, 0.3) is 0 Å². The number of anilines is 1. The molecule has 0 aliphatic rings. The van der Waals surface area contributed by atoms with Crippen LogP contribution in [-0.4, -0.2) is 42.1 Å². The zero-order valence-corrected chi connectivity index (χ0v) is 10.8. The van der Waals surface area contributed by atoms with Gasteiger partial charge in [-0.3, -0.25) is 9.78 Å². The molecule has 1 amide bonds. The first-order chi connectivity index (χ1) is 8.83. The van der Waals surface area contributed by atoms with E-state index in [0.717, 1.165) is 20.0 Å². The fourth-order valence-corrected chi connectivity index (χ4v) is 1.46. The zero-order valence-electron chi connectivity index (χ0n) is 10.8. The summed E-state index contributed by atoms with van der Waals surface area (Å²) < 4.78 is 36.6. The van der Waals surface area contributed by atoms with Gasteiger partial charge in [0.05, 0.1) is 0 Å². The molecule has 1 rings (SSSR count). The summed E-state index contributed by atoms with van der Waals surface area (Å²) in [6.45, 7) is 1.41. The molecular formula is C12H16F3N3O. The molecule has 0 unspecified atom stereocenters. The van der Waals surface area contributed by atoms with E-state index in [-0.39, 0.29) is 5.69 Å². The minimum absolute atomic E-state index is 0.00662. The molecule has 0 aromatic carbocycles. The molecule has 1 N–H and O–H groups in total. The summed E-state index contributed by atoms with van der Waals surface area (Å²) in [5.41, 5.74) is 0.661. The van der Waals surface area contributed by atoms with Gasteiger partial charge in [-0.1, -0.05) is 6.92 Å². The van der Waals surface area contributed by atoms with Crippen LogP contribution in [0.3, 0.4) is 0 Å². The number of alkyl halides is 3. The second-order valence-corrected chi connectivity index (χ2v) is 4.13. The van der Waals surface area contributed by atoms with Crippen LogP contribution in [0.4, 0.5) is 18.9 Å². The van der Waals surface area contributed by atoms with Gasteiger partial charge in [0.1, 0.15) is 12.2 Å². The Labute approximate surface area is 109 Å². The van der Waals surface area contributed by atoms with Crippen molar-refractivity contribution in [3.8, 4) is 0 Å². The van der Waals surface area contributed by atoms with Crippen molar-refractivity contribution < 1.29 is 18.0 Å². The summed E-state index contributed by atoms with van der Waals surface area (Å²) in [4.78, 5) is 16.2. The molecule has 0 atom stereocenters. The van der Waals surface area contributed by atoms with Crippen molar-refractivity contribution in [2.75, 3.05) is 25.5 Å². The molecule has 0 aliphatic heterocycles. The summed E-state index contributed by atoms with van der Waals surface area (Å²) in [5, 5.41) is 3.04. The first-order valence-electron chi connectivity index (χ1n) is 5.85. The van der Waals surface area contributed by atoms with E-state index in [1.54, 1.807) is 6.07 Å². The Morgan fingerprint density at radius 2 is 2.16 bits per heavy atom. The van der Waals surface area contributed by atoms with Crippen LogP contribution in [0.5, 0.6) is 0 Å². The van der Waals surface area contributed by atoms with E-state index >= 15 is 0 Å². The fourth-order valence-electron chi connectivity index (χ4n) is 1.46. The predicted molar refractivity (Wildman–Crippen MR) is 66.0 cm³/mol. The third-order valence-corrected chi connectivity index (χ3v) is 2.32. The lowest BCUT2D eigenvalue weighted by molar-refractivity contribution is -0.138. The SMILES string of the molecule is CCCNc1ccnc(C(=O)N(C)CC(F)(F)F)c1. The summed E-state index contributed by atoms with van der Waals surface area (Å²) in [7, 11) is 1.10. The first-order valence-corrected chi connectivity index (χ1v) is 5.85. The Morgan fingerprint density at radius 1 is 1.47 bits per heavy atom. The Kier molecular flexibility index (Phi) is 5.14. The van der Waals surface area contributed by atoms with E-state index < -0.39 is 18.6 Å². The summed E-state index contributed by atoms with van der Waals surface area (Å²) in [5.74, 6) is -0.752. The molecule has 0 bridgehead atoms. The number of nitrogens with one attached hydrogen (secondary N) is 1. The number of carbonyl (C=O) groups excluding carboxylic acids is 1. The van der Waals surface area contributed by atoms with Crippen LogP contribution in [0.1, 0.15) is 23.8 Å². The van der Waals surface area contributed by atoms with E-state index in [1.807, 2.05) is 6.92 Å². The van der Waals surface area contributed by atoms with Crippen molar-refractivity contribution in [3.05, 3.63) is 24.0 Å². The van der Waals surface area contributed by atoms with E-state index in [4.69, 9.17) is 0 Å². The monoisotopic (exact) mass is 275 g/mol. The van der Waals surface area contributed by atoms with Crippen molar-refractivity contribution >= 4 is 11.6 Å². The molecule has 106 valence electrons. The van der Waals surface area contributed by atoms with E-state index in [2.05, 4.69) is 10.3 Å². The maximum Gasteiger partial charge on any atom is 0.406 e. The molecule has 0 spiro atoms. The number of hydrogen-bond acceptors (Lipinski definition) is 3. The molecule has 1 aromatic heterocycles. The summed E-state index contributed by atoms with van der Waals surface area (Å²) in [6.07, 6.45) is -2.12. The van der Waals surface area contributed by atoms with E-state index in [0.29, 0.717) is 10.6 Å². The summed E-state index contributed by atoms with van der Waals surface area (Å²) in [6, 6.07) is 3.11. The minimum atomic E-state index is -4.41. The molecule has 0 radical (unpaired) electrons. The minimum Gasteiger partial charge on any atom is -0.385 e. The van der Waals surface area contributed by atoms with Gasteiger partial charge in [0.25, 0.3) is 5.91 Å². The molecule has 1 heterocycles. The van der Waals surface area contributed by atoms with E-state index in [9.17, 15) is 18.0 Å². The smallest absolute Gasteiger partial charge is 0.385 e. The van der Waals surface area contributed by atoms with Crippen LogP contribution >= 0.6 is 0 Å². The third-order valence-electron chi connectivity index (χ3n) is 2.32. The van der Waals surface area contributed by atoms with Crippen molar-refractivity contribution in [1.29, 1.82) is 0 Å². The number of halogens is 3. The highest BCUT2D eigenvalue weighted by atomic mass is 19.4. The molecule has 0 saturated heterocycles. The molecule has 19 heavy (non-hydrogen) atoms. The Morgan fingerprint density at radius 3 is 2.74 bits per heavy atom. The normalized spacial score (nSPS) is 11.2. The molecule has 1 aromatic rings. The third kappa shape index (κ3) is 5.15. The standard InChI is InChI=1S/C12H16F3N3O/c1-3-5-16-9-4-6-17-10(7-9)11(19)18(2)8-12(13,14)15/h4,6-7H,3,5,8H2,1-2H3,(H,16,17). The molecule has 0 aliphatic carbocycles. The number of aromatic nitrogens is 1. The van der Waals surface area contributed by atoms with Gasteiger partial charge in [-0.2, -0.15) is 13.2 Å². The second-order valence-electron chi connectivity index (χ2n) is 4.13. The highest BCUT2D eigenvalue weighted by Gasteiger charge is 2.31. The quantitative estimate of drug-likeness (QED) is 0.898. The zero-order chi connectivity index (χ0) is 14.5. The Balaban J connectivity index is 2.76. The van der Waals surface area contributed by atoms with Gasteiger partial charge in [0.15, 0.2) is 0 Å². The van der Waals surface area contributed by atoms with Gasteiger partial charge in [0.2, 0.25) is 0 Å². The number of amides is 1. The van der Waals surface area contributed by atoms with Crippen LogP contribution in [-0.2, 0) is 0 Å². The fraction of sp³-hybridized carbons (Fsp3) is 0.500. The maximum atomic E-state index is 12.2. The van der Waals surface area contributed by atoms with Crippen LogP contribution in [0.2, 0.25) is 0 Å². The van der Waals surface area contributed by atoms with Gasteiger partial charge in [-0.25, -0.2) is 0 Å². The highest BCUT2D eigenvalue weighted by Crippen LogP contribution is 2.17. The highest BCUT2D eigenvalue weighted by molar-refractivity contribution is 5.93. The Hall–Kier alpha value is -1.79. The van der Waals surface area contributed by atoms with Gasteiger partial charge >= 0.3 is 6.18 Å². The van der Waals surface area contributed by atoms with Crippen molar-refractivity contribution in [3.63, 3.8) is 0 Å².